The highest BCUT2D eigenvalue weighted by Gasteiger charge is 2.29. The predicted octanol–water partition coefficient (Wildman–Crippen LogP) is 3.08. The number of hydrogen-bond acceptors (Lipinski definition) is 4. The number of hydrogen-bond donors (Lipinski definition) is 2. The number of likely N-dealkylation sites (tertiary alicyclic amines) is 1. The molecule has 1 heterocycles. The fourth-order valence-corrected chi connectivity index (χ4v) is 3.07. The van der Waals surface area contributed by atoms with E-state index in [9.17, 15) is 24.1 Å². The molecule has 9 heteroatoms. The number of non-ortho nitro benzene ring substituents is 1. The number of urea groups is 1. The van der Waals surface area contributed by atoms with Crippen molar-refractivity contribution >= 4 is 23.3 Å². The molecule has 1 fully saturated rings. The molecule has 2 aromatic carbocycles. The fourth-order valence-electron chi connectivity index (χ4n) is 3.07. The molecule has 1 aliphatic rings. The van der Waals surface area contributed by atoms with E-state index in [-0.39, 0.29) is 23.2 Å². The van der Waals surface area contributed by atoms with E-state index in [4.69, 9.17) is 0 Å². The van der Waals surface area contributed by atoms with Gasteiger partial charge in [0.1, 0.15) is 5.82 Å². The summed E-state index contributed by atoms with van der Waals surface area (Å²) in [5.41, 5.74) is 1.25. The number of nitro groups is 1. The van der Waals surface area contributed by atoms with Gasteiger partial charge in [-0.3, -0.25) is 14.9 Å². The van der Waals surface area contributed by atoms with E-state index in [1.54, 1.807) is 17.9 Å². The summed E-state index contributed by atoms with van der Waals surface area (Å²) in [7, 11) is 0. The highest BCUT2D eigenvalue weighted by molar-refractivity contribution is 5.96. The van der Waals surface area contributed by atoms with Gasteiger partial charge in [-0.05, 0) is 43.2 Å². The van der Waals surface area contributed by atoms with Crippen LogP contribution < -0.4 is 10.6 Å². The maximum atomic E-state index is 12.9. The highest BCUT2D eigenvalue weighted by Crippen LogP contribution is 2.21. The number of nitrogens with zero attached hydrogens (tertiary/aromatic N) is 2. The zero-order valence-corrected chi connectivity index (χ0v) is 15.1. The van der Waals surface area contributed by atoms with Crippen LogP contribution in [0.2, 0.25) is 0 Å². The van der Waals surface area contributed by atoms with E-state index < -0.39 is 16.8 Å². The van der Waals surface area contributed by atoms with Crippen LogP contribution in [0.4, 0.5) is 20.6 Å². The standard InChI is InChI=1S/C19H19FN4O4/c1-12-2-7-16(24(27)28)10-17(12)18(25)23-9-8-15(11-23)22-19(26)21-14-5-3-13(20)4-6-14/h2-7,10,15H,8-9,11H2,1H3,(H2,21,22,26). The largest absolute Gasteiger partial charge is 0.336 e. The van der Waals surface area contributed by atoms with Gasteiger partial charge < -0.3 is 15.5 Å². The molecule has 2 N–H and O–H groups in total. The van der Waals surface area contributed by atoms with Gasteiger partial charge in [0, 0.05) is 42.5 Å². The first-order valence-corrected chi connectivity index (χ1v) is 8.71. The molecule has 1 atom stereocenters. The van der Waals surface area contributed by atoms with Crippen LogP contribution in [0.15, 0.2) is 42.5 Å². The number of anilines is 1. The Bertz CT molecular complexity index is 917. The molecule has 1 saturated heterocycles. The van der Waals surface area contributed by atoms with Crippen LogP contribution in [0.1, 0.15) is 22.3 Å². The first-order chi connectivity index (χ1) is 13.3. The van der Waals surface area contributed by atoms with Gasteiger partial charge in [0.2, 0.25) is 0 Å². The van der Waals surface area contributed by atoms with Crippen LogP contribution >= 0.6 is 0 Å². The molecule has 146 valence electrons. The lowest BCUT2D eigenvalue weighted by molar-refractivity contribution is -0.384. The molecular formula is C19H19FN4O4. The summed E-state index contributed by atoms with van der Waals surface area (Å²) in [6.45, 7) is 2.46. The van der Waals surface area contributed by atoms with E-state index in [1.807, 2.05) is 0 Å². The van der Waals surface area contributed by atoms with Crippen molar-refractivity contribution < 1.29 is 18.9 Å². The van der Waals surface area contributed by atoms with Gasteiger partial charge >= 0.3 is 6.03 Å². The van der Waals surface area contributed by atoms with Gasteiger partial charge in [-0.15, -0.1) is 0 Å². The average molecular weight is 386 g/mol. The maximum absolute atomic E-state index is 12.9. The lowest BCUT2D eigenvalue weighted by Crippen LogP contribution is -2.40. The molecule has 0 radical (unpaired) electrons. The SMILES string of the molecule is Cc1ccc([N+](=O)[O-])cc1C(=O)N1CCC(NC(=O)Nc2ccc(F)cc2)C1. The normalized spacial score (nSPS) is 15.9. The third kappa shape index (κ3) is 4.43. The van der Waals surface area contributed by atoms with Crippen molar-refractivity contribution in [3.05, 3.63) is 69.5 Å². The number of carbonyl (C=O) groups is 2. The number of carbonyl (C=O) groups excluding carboxylic acids is 2. The zero-order chi connectivity index (χ0) is 20.3. The van der Waals surface area contributed by atoms with Gasteiger partial charge in [-0.25, -0.2) is 9.18 Å². The minimum absolute atomic E-state index is 0.138. The van der Waals surface area contributed by atoms with Crippen LogP contribution in [0.3, 0.4) is 0 Å². The Labute approximate surface area is 160 Å². The van der Waals surface area contributed by atoms with Gasteiger partial charge in [-0.2, -0.15) is 0 Å². The molecular weight excluding hydrogens is 367 g/mol. The van der Waals surface area contributed by atoms with E-state index in [2.05, 4.69) is 10.6 Å². The van der Waals surface area contributed by atoms with Crippen LogP contribution in [-0.4, -0.2) is 40.9 Å². The number of aryl methyl sites for hydroxylation is 1. The zero-order valence-electron chi connectivity index (χ0n) is 15.1. The van der Waals surface area contributed by atoms with Crippen LogP contribution in [0.5, 0.6) is 0 Å². The second-order valence-electron chi connectivity index (χ2n) is 6.60. The smallest absolute Gasteiger partial charge is 0.319 e. The number of benzene rings is 2. The minimum Gasteiger partial charge on any atom is -0.336 e. The Balaban J connectivity index is 1.59. The summed E-state index contributed by atoms with van der Waals surface area (Å²) < 4.78 is 12.9. The van der Waals surface area contributed by atoms with Crippen LogP contribution in [0, 0.1) is 22.9 Å². The Kier molecular flexibility index (Phi) is 5.53. The van der Waals surface area contributed by atoms with Crippen molar-refractivity contribution in [2.45, 2.75) is 19.4 Å². The van der Waals surface area contributed by atoms with Gasteiger partial charge in [-0.1, -0.05) is 6.07 Å². The van der Waals surface area contributed by atoms with E-state index in [0.29, 0.717) is 30.8 Å². The first-order valence-electron chi connectivity index (χ1n) is 8.71. The van der Waals surface area contributed by atoms with Crippen molar-refractivity contribution in [2.75, 3.05) is 18.4 Å². The third-order valence-electron chi connectivity index (χ3n) is 4.58. The molecule has 28 heavy (non-hydrogen) atoms. The summed E-state index contributed by atoms with van der Waals surface area (Å²) in [5, 5.41) is 16.3. The highest BCUT2D eigenvalue weighted by atomic mass is 19.1. The molecule has 0 bridgehead atoms. The molecule has 0 saturated carbocycles. The quantitative estimate of drug-likeness (QED) is 0.622. The Morgan fingerprint density at radius 1 is 1.21 bits per heavy atom. The van der Waals surface area contributed by atoms with E-state index in [0.717, 1.165) is 0 Å². The molecule has 1 aliphatic heterocycles. The van der Waals surface area contributed by atoms with E-state index >= 15 is 0 Å². The second-order valence-corrected chi connectivity index (χ2v) is 6.60. The molecule has 0 aliphatic carbocycles. The monoisotopic (exact) mass is 386 g/mol. The first kappa shape index (κ1) is 19.3. The second kappa shape index (κ2) is 8.03. The van der Waals surface area contributed by atoms with Gasteiger partial charge in [0.05, 0.1) is 4.92 Å². The van der Waals surface area contributed by atoms with Crippen LogP contribution in [0.25, 0.3) is 0 Å². The lowest BCUT2D eigenvalue weighted by Gasteiger charge is -2.18. The lowest BCUT2D eigenvalue weighted by atomic mass is 10.1. The van der Waals surface area contributed by atoms with Crippen molar-refractivity contribution in [2.24, 2.45) is 0 Å². The third-order valence-corrected chi connectivity index (χ3v) is 4.58. The summed E-state index contributed by atoms with van der Waals surface area (Å²) in [4.78, 5) is 36.8. The molecule has 3 amide bonds. The summed E-state index contributed by atoms with van der Waals surface area (Å²) >= 11 is 0. The van der Waals surface area contributed by atoms with E-state index in [1.165, 1.54) is 36.4 Å². The number of nitro benzene ring substituents is 1. The number of nitrogens with one attached hydrogen (secondary N) is 2. The Morgan fingerprint density at radius 3 is 2.61 bits per heavy atom. The molecule has 0 spiro atoms. The number of rotatable bonds is 4. The van der Waals surface area contributed by atoms with Gasteiger partial charge in [0.15, 0.2) is 0 Å². The van der Waals surface area contributed by atoms with Crippen molar-refractivity contribution in [3.63, 3.8) is 0 Å². The predicted molar refractivity (Wildman–Crippen MR) is 101 cm³/mol. The van der Waals surface area contributed by atoms with Gasteiger partial charge in [0.25, 0.3) is 11.6 Å². The molecule has 0 aromatic heterocycles. The molecule has 2 aromatic rings. The molecule has 3 rings (SSSR count). The fraction of sp³-hybridized carbons (Fsp3) is 0.263. The van der Waals surface area contributed by atoms with Crippen molar-refractivity contribution in [1.29, 1.82) is 0 Å². The minimum atomic E-state index is -0.537. The molecule has 8 nitrogen and oxygen atoms in total. The van der Waals surface area contributed by atoms with Crippen LogP contribution in [-0.2, 0) is 0 Å². The van der Waals surface area contributed by atoms with Crippen molar-refractivity contribution in [1.82, 2.24) is 10.2 Å². The maximum Gasteiger partial charge on any atom is 0.319 e. The average Bonchev–Trinajstić information content (AvgIpc) is 3.11. The molecule has 1 unspecified atom stereocenters. The van der Waals surface area contributed by atoms with Crippen molar-refractivity contribution in [3.8, 4) is 0 Å². The topological polar surface area (TPSA) is 105 Å². The number of amides is 3. The summed E-state index contributed by atoms with van der Waals surface area (Å²) in [5.74, 6) is -0.697. The number of halogens is 1. The Morgan fingerprint density at radius 2 is 1.93 bits per heavy atom. The summed E-state index contributed by atoms with van der Waals surface area (Å²) in [6, 6.07) is 8.88. The Hall–Kier alpha value is -3.49. The summed E-state index contributed by atoms with van der Waals surface area (Å²) in [6.07, 6.45) is 0.566.